The standard InChI is InChI=1S/C22H22N2O2/c1-16-10-12-19(13-11-16)24-22(26)21(18-7-3-2-4-8-18)23-20-9-5-6-17(14-20)15-25/h2-14,21,23,25H,15H2,1H3,(H,24,26)/t21-/m0/s1. The van der Waals surface area contributed by atoms with Crippen LogP contribution >= 0.6 is 0 Å². The zero-order valence-electron chi connectivity index (χ0n) is 14.6. The monoisotopic (exact) mass is 346 g/mol. The van der Waals surface area contributed by atoms with E-state index < -0.39 is 6.04 Å². The number of aliphatic hydroxyl groups excluding tert-OH is 1. The van der Waals surface area contributed by atoms with Crippen LogP contribution in [-0.4, -0.2) is 11.0 Å². The summed E-state index contributed by atoms with van der Waals surface area (Å²) in [5, 5.41) is 15.6. The van der Waals surface area contributed by atoms with Crippen molar-refractivity contribution in [2.24, 2.45) is 0 Å². The molecular weight excluding hydrogens is 324 g/mol. The molecule has 0 heterocycles. The van der Waals surface area contributed by atoms with E-state index in [4.69, 9.17) is 0 Å². The molecule has 0 unspecified atom stereocenters. The van der Waals surface area contributed by atoms with Crippen LogP contribution < -0.4 is 10.6 Å². The van der Waals surface area contributed by atoms with Crippen LogP contribution in [0.1, 0.15) is 22.7 Å². The van der Waals surface area contributed by atoms with E-state index in [2.05, 4.69) is 10.6 Å². The fourth-order valence-corrected chi connectivity index (χ4v) is 2.72. The minimum Gasteiger partial charge on any atom is -0.392 e. The third kappa shape index (κ3) is 4.49. The van der Waals surface area contributed by atoms with Gasteiger partial charge in [-0.05, 0) is 42.3 Å². The fraction of sp³-hybridized carbons (Fsp3) is 0.136. The van der Waals surface area contributed by atoms with Crippen molar-refractivity contribution in [1.82, 2.24) is 0 Å². The van der Waals surface area contributed by atoms with E-state index in [1.807, 2.05) is 85.8 Å². The quantitative estimate of drug-likeness (QED) is 0.624. The Balaban J connectivity index is 1.85. The van der Waals surface area contributed by atoms with E-state index in [-0.39, 0.29) is 12.5 Å². The summed E-state index contributed by atoms with van der Waals surface area (Å²) in [5.74, 6) is -0.144. The van der Waals surface area contributed by atoms with Crippen molar-refractivity contribution < 1.29 is 9.90 Å². The molecule has 0 radical (unpaired) electrons. The first-order valence-corrected chi connectivity index (χ1v) is 8.54. The van der Waals surface area contributed by atoms with E-state index in [0.29, 0.717) is 0 Å². The highest BCUT2D eigenvalue weighted by molar-refractivity contribution is 5.97. The van der Waals surface area contributed by atoms with Gasteiger partial charge < -0.3 is 15.7 Å². The summed E-state index contributed by atoms with van der Waals surface area (Å²) >= 11 is 0. The van der Waals surface area contributed by atoms with Gasteiger partial charge in [0.05, 0.1) is 6.61 Å². The number of benzene rings is 3. The Morgan fingerprint density at radius 3 is 2.35 bits per heavy atom. The van der Waals surface area contributed by atoms with Gasteiger partial charge in [0.2, 0.25) is 0 Å². The van der Waals surface area contributed by atoms with Gasteiger partial charge in [-0.2, -0.15) is 0 Å². The molecule has 4 nitrogen and oxygen atoms in total. The first-order chi connectivity index (χ1) is 12.7. The molecule has 0 bridgehead atoms. The largest absolute Gasteiger partial charge is 0.392 e. The second kappa shape index (κ2) is 8.32. The number of carbonyl (C=O) groups excluding carboxylic acids is 1. The van der Waals surface area contributed by atoms with Crippen LogP contribution in [0.25, 0.3) is 0 Å². The van der Waals surface area contributed by atoms with E-state index in [0.717, 1.165) is 28.1 Å². The number of aryl methyl sites for hydroxylation is 1. The van der Waals surface area contributed by atoms with Gasteiger partial charge in [-0.1, -0.05) is 60.2 Å². The van der Waals surface area contributed by atoms with Crippen molar-refractivity contribution in [3.8, 4) is 0 Å². The van der Waals surface area contributed by atoms with Gasteiger partial charge in [-0.25, -0.2) is 0 Å². The smallest absolute Gasteiger partial charge is 0.251 e. The molecule has 26 heavy (non-hydrogen) atoms. The lowest BCUT2D eigenvalue weighted by molar-refractivity contribution is -0.117. The molecule has 1 atom stereocenters. The van der Waals surface area contributed by atoms with Crippen molar-refractivity contribution in [2.75, 3.05) is 10.6 Å². The highest BCUT2D eigenvalue weighted by Crippen LogP contribution is 2.22. The molecule has 0 saturated heterocycles. The zero-order valence-corrected chi connectivity index (χ0v) is 14.6. The highest BCUT2D eigenvalue weighted by atomic mass is 16.3. The molecule has 0 fully saturated rings. The minimum atomic E-state index is -0.550. The number of hydrogen-bond donors (Lipinski definition) is 3. The molecule has 132 valence electrons. The van der Waals surface area contributed by atoms with Crippen LogP contribution in [0, 0.1) is 6.92 Å². The summed E-state index contributed by atoms with van der Waals surface area (Å²) in [7, 11) is 0. The van der Waals surface area contributed by atoms with Crippen LogP contribution in [0.3, 0.4) is 0 Å². The third-order valence-corrected chi connectivity index (χ3v) is 4.13. The van der Waals surface area contributed by atoms with Gasteiger partial charge in [0.15, 0.2) is 0 Å². The van der Waals surface area contributed by atoms with Crippen molar-refractivity contribution in [3.63, 3.8) is 0 Å². The lowest BCUT2D eigenvalue weighted by Crippen LogP contribution is -2.27. The summed E-state index contributed by atoms with van der Waals surface area (Å²) in [4.78, 5) is 12.9. The van der Waals surface area contributed by atoms with Crippen LogP contribution in [0.15, 0.2) is 78.9 Å². The van der Waals surface area contributed by atoms with E-state index in [1.165, 1.54) is 0 Å². The Morgan fingerprint density at radius 2 is 1.65 bits per heavy atom. The molecular formula is C22H22N2O2. The van der Waals surface area contributed by atoms with Gasteiger partial charge in [-0.15, -0.1) is 0 Å². The first kappa shape index (κ1) is 17.7. The topological polar surface area (TPSA) is 61.4 Å². The summed E-state index contributed by atoms with van der Waals surface area (Å²) in [5.41, 5.74) is 4.34. The number of nitrogens with one attached hydrogen (secondary N) is 2. The number of amides is 1. The SMILES string of the molecule is Cc1ccc(NC(=O)[C@@H](Nc2cccc(CO)c2)c2ccccc2)cc1. The van der Waals surface area contributed by atoms with Crippen LogP contribution in [0.5, 0.6) is 0 Å². The Kier molecular flexibility index (Phi) is 5.66. The van der Waals surface area contributed by atoms with Crippen molar-refractivity contribution in [1.29, 1.82) is 0 Å². The molecule has 0 aliphatic carbocycles. The van der Waals surface area contributed by atoms with E-state index in [9.17, 15) is 9.90 Å². The summed E-state index contributed by atoms with van der Waals surface area (Å²) in [6.45, 7) is 1.97. The molecule has 0 aliphatic heterocycles. The Labute approximate surface area is 153 Å². The van der Waals surface area contributed by atoms with Gasteiger partial charge in [0.1, 0.15) is 6.04 Å². The molecule has 0 saturated carbocycles. The molecule has 3 rings (SSSR count). The van der Waals surface area contributed by atoms with Gasteiger partial charge in [0, 0.05) is 11.4 Å². The Hall–Kier alpha value is -3.11. The third-order valence-electron chi connectivity index (χ3n) is 4.13. The Bertz CT molecular complexity index is 861. The molecule has 0 aliphatic rings. The zero-order chi connectivity index (χ0) is 18.4. The maximum atomic E-state index is 12.9. The number of aliphatic hydroxyl groups is 1. The molecule has 1 amide bonds. The maximum Gasteiger partial charge on any atom is 0.251 e. The number of carbonyl (C=O) groups is 1. The van der Waals surface area contributed by atoms with Gasteiger partial charge >= 0.3 is 0 Å². The summed E-state index contributed by atoms with van der Waals surface area (Å²) < 4.78 is 0. The molecule has 0 aromatic heterocycles. The number of anilines is 2. The van der Waals surface area contributed by atoms with Crippen molar-refractivity contribution >= 4 is 17.3 Å². The highest BCUT2D eigenvalue weighted by Gasteiger charge is 2.20. The Morgan fingerprint density at radius 1 is 0.923 bits per heavy atom. The molecule has 3 N–H and O–H groups in total. The lowest BCUT2D eigenvalue weighted by Gasteiger charge is -2.20. The van der Waals surface area contributed by atoms with Crippen molar-refractivity contribution in [2.45, 2.75) is 19.6 Å². The van der Waals surface area contributed by atoms with E-state index in [1.54, 1.807) is 0 Å². The number of hydrogen-bond acceptors (Lipinski definition) is 3. The first-order valence-electron chi connectivity index (χ1n) is 8.54. The number of rotatable bonds is 6. The normalized spacial score (nSPS) is 11.6. The summed E-state index contributed by atoms with van der Waals surface area (Å²) in [6, 6.07) is 24.2. The molecule has 4 heteroatoms. The van der Waals surface area contributed by atoms with Gasteiger partial charge in [0.25, 0.3) is 5.91 Å². The predicted molar refractivity (Wildman–Crippen MR) is 105 cm³/mol. The van der Waals surface area contributed by atoms with Crippen LogP contribution in [-0.2, 0) is 11.4 Å². The molecule has 3 aromatic rings. The van der Waals surface area contributed by atoms with Crippen molar-refractivity contribution in [3.05, 3.63) is 95.6 Å². The van der Waals surface area contributed by atoms with Crippen LogP contribution in [0.4, 0.5) is 11.4 Å². The average molecular weight is 346 g/mol. The average Bonchev–Trinajstić information content (AvgIpc) is 2.68. The second-order valence-corrected chi connectivity index (χ2v) is 6.20. The minimum absolute atomic E-state index is 0.0406. The second-order valence-electron chi connectivity index (χ2n) is 6.20. The maximum absolute atomic E-state index is 12.9. The van der Waals surface area contributed by atoms with Gasteiger partial charge in [-0.3, -0.25) is 4.79 Å². The predicted octanol–water partition coefficient (Wildman–Crippen LogP) is 4.28. The lowest BCUT2D eigenvalue weighted by atomic mass is 10.0. The fourth-order valence-electron chi connectivity index (χ4n) is 2.72. The van der Waals surface area contributed by atoms with Crippen LogP contribution in [0.2, 0.25) is 0 Å². The molecule has 0 spiro atoms. The van der Waals surface area contributed by atoms with E-state index >= 15 is 0 Å². The summed E-state index contributed by atoms with van der Waals surface area (Å²) in [6.07, 6.45) is 0. The molecule has 3 aromatic carbocycles.